The molecule has 0 unspecified atom stereocenters. The molecule has 4 aromatic rings. The lowest BCUT2D eigenvalue weighted by atomic mass is 9.92. The first-order valence-electron chi connectivity index (χ1n) is 8.23. The van der Waals surface area contributed by atoms with E-state index in [1.807, 2.05) is 84.9 Å². The van der Waals surface area contributed by atoms with Crippen LogP contribution < -0.4 is 5.56 Å². The third kappa shape index (κ3) is 3.11. The molecule has 126 valence electrons. The zero-order valence-corrected chi connectivity index (χ0v) is 15.4. The van der Waals surface area contributed by atoms with E-state index in [1.165, 1.54) is 0 Å². The van der Waals surface area contributed by atoms with Crippen molar-refractivity contribution in [2.75, 3.05) is 0 Å². The van der Waals surface area contributed by atoms with Crippen LogP contribution in [0.2, 0.25) is 0 Å². The minimum atomic E-state index is -0.203. The molecule has 1 N–H and O–H groups in total. The standard InChI is InChI=1S/C22H15BrN2O/c23-18-13-11-16(12-14-18)20-19(15-7-3-1-4-8-15)21(24-25-22(20)26)17-9-5-2-6-10-17/h1-14H,(H,25,26). The van der Waals surface area contributed by atoms with Gasteiger partial charge in [-0.3, -0.25) is 4.79 Å². The molecular formula is C22H15BrN2O. The van der Waals surface area contributed by atoms with Crippen molar-refractivity contribution in [2.24, 2.45) is 0 Å². The van der Waals surface area contributed by atoms with Crippen molar-refractivity contribution in [1.82, 2.24) is 10.2 Å². The van der Waals surface area contributed by atoms with Crippen LogP contribution in [0, 0.1) is 0 Å². The van der Waals surface area contributed by atoms with Crippen LogP contribution in [0.5, 0.6) is 0 Å². The van der Waals surface area contributed by atoms with Crippen molar-refractivity contribution >= 4 is 15.9 Å². The highest BCUT2D eigenvalue weighted by molar-refractivity contribution is 9.10. The topological polar surface area (TPSA) is 45.8 Å². The highest BCUT2D eigenvalue weighted by atomic mass is 79.9. The highest BCUT2D eigenvalue weighted by Gasteiger charge is 2.18. The largest absolute Gasteiger partial charge is 0.272 e. The second kappa shape index (κ2) is 7.10. The number of H-pyrrole nitrogens is 1. The van der Waals surface area contributed by atoms with Crippen molar-refractivity contribution in [3.63, 3.8) is 0 Å². The van der Waals surface area contributed by atoms with E-state index in [-0.39, 0.29) is 5.56 Å². The summed E-state index contributed by atoms with van der Waals surface area (Å²) in [4.78, 5) is 12.8. The molecule has 4 rings (SSSR count). The van der Waals surface area contributed by atoms with E-state index in [2.05, 4.69) is 26.1 Å². The minimum Gasteiger partial charge on any atom is -0.267 e. The summed E-state index contributed by atoms with van der Waals surface area (Å²) < 4.78 is 0.969. The molecule has 1 heterocycles. The van der Waals surface area contributed by atoms with E-state index in [1.54, 1.807) is 0 Å². The van der Waals surface area contributed by atoms with Gasteiger partial charge in [0.1, 0.15) is 0 Å². The fourth-order valence-corrected chi connectivity index (χ4v) is 3.30. The van der Waals surface area contributed by atoms with Crippen LogP contribution in [-0.4, -0.2) is 10.2 Å². The molecule has 3 nitrogen and oxygen atoms in total. The Bertz CT molecular complexity index is 1090. The normalized spacial score (nSPS) is 10.7. The van der Waals surface area contributed by atoms with Gasteiger partial charge in [-0.2, -0.15) is 5.10 Å². The predicted molar refractivity (Wildman–Crippen MR) is 109 cm³/mol. The highest BCUT2D eigenvalue weighted by Crippen LogP contribution is 2.36. The van der Waals surface area contributed by atoms with Gasteiger partial charge in [0.05, 0.1) is 11.3 Å². The first-order chi connectivity index (χ1) is 12.7. The first kappa shape index (κ1) is 16.5. The number of nitrogens with zero attached hydrogens (tertiary/aromatic N) is 1. The fourth-order valence-electron chi connectivity index (χ4n) is 3.03. The van der Waals surface area contributed by atoms with E-state index in [0.717, 1.165) is 32.4 Å². The van der Waals surface area contributed by atoms with Gasteiger partial charge in [0.2, 0.25) is 0 Å². The molecule has 0 bridgehead atoms. The molecule has 0 saturated heterocycles. The van der Waals surface area contributed by atoms with Gasteiger partial charge in [0.15, 0.2) is 0 Å². The lowest BCUT2D eigenvalue weighted by molar-refractivity contribution is 1.00. The number of halogens is 1. The Labute approximate surface area is 159 Å². The Kier molecular flexibility index (Phi) is 4.50. The maximum Gasteiger partial charge on any atom is 0.272 e. The smallest absolute Gasteiger partial charge is 0.267 e. The average Bonchev–Trinajstić information content (AvgIpc) is 2.70. The summed E-state index contributed by atoms with van der Waals surface area (Å²) >= 11 is 3.45. The predicted octanol–water partition coefficient (Wildman–Crippen LogP) is 5.53. The SMILES string of the molecule is O=c1[nH]nc(-c2ccccc2)c(-c2ccccc2)c1-c1ccc(Br)cc1. The molecule has 0 atom stereocenters. The Balaban J connectivity index is 2.08. The molecule has 0 saturated carbocycles. The Morgan fingerprint density at radius 2 is 1.19 bits per heavy atom. The monoisotopic (exact) mass is 402 g/mol. The molecule has 0 aliphatic carbocycles. The first-order valence-corrected chi connectivity index (χ1v) is 9.03. The zero-order chi connectivity index (χ0) is 17.9. The van der Waals surface area contributed by atoms with Gasteiger partial charge in [0, 0.05) is 15.6 Å². The molecule has 0 spiro atoms. The van der Waals surface area contributed by atoms with Gasteiger partial charge >= 0.3 is 0 Å². The third-order valence-electron chi connectivity index (χ3n) is 4.23. The maximum absolute atomic E-state index is 12.8. The third-order valence-corrected chi connectivity index (χ3v) is 4.75. The molecule has 0 radical (unpaired) electrons. The Hall–Kier alpha value is -2.98. The fraction of sp³-hybridized carbons (Fsp3) is 0. The van der Waals surface area contributed by atoms with E-state index in [4.69, 9.17) is 0 Å². The molecular weight excluding hydrogens is 388 g/mol. The second-order valence-electron chi connectivity index (χ2n) is 5.89. The maximum atomic E-state index is 12.8. The van der Waals surface area contributed by atoms with E-state index < -0.39 is 0 Å². The summed E-state index contributed by atoms with van der Waals surface area (Å²) in [5.74, 6) is 0. The van der Waals surface area contributed by atoms with Gasteiger partial charge in [-0.25, -0.2) is 5.10 Å². The summed E-state index contributed by atoms with van der Waals surface area (Å²) in [7, 11) is 0. The Morgan fingerprint density at radius 1 is 0.654 bits per heavy atom. The number of nitrogens with one attached hydrogen (secondary N) is 1. The van der Waals surface area contributed by atoms with Crippen LogP contribution >= 0.6 is 15.9 Å². The minimum absolute atomic E-state index is 0.203. The quantitative estimate of drug-likeness (QED) is 0.489. The number of rotatable bonds is 3. The number of aromatic amines is 1. The lowest BCUT2D eigenvalue weighted by Gasteiger charge is -2.14. The van der Waals surface area contributed by atoms with Crippen molar-refractivity contribution < 1.29 is 0 Å². The number of aromatic nitrogens is 2. The van der Waals surface area contributed by atoms with Gasteiger partial charge in [0.25, 0.3) is 5.56 Å². The second-order valence-corrected chi connectivity index (χ2v) is 6.81. The van der Waals surface area contributed by atoms with Crippen molar-refractivity contribution in [3.05, 3.63) is 99.8 Å². The summed E-state index contributed by atoms with van der Waals surface area (Å²) in [5.41, 5.74) is 4.79. The van der Waals surface area contributed by atoms with Crippen LogP contribution in [0.4, 0.5) is 0 Å². The molecule has 4 heteroatoms. The molecule has 0 aliphatic rings. The van der Waals surface area contributed by atoms with Gasteiger partial charge in [-0.15, -0.1) is 0 Å². The van der Waals surface area contributed by atoms with Gasteiger partial charge in [-0.05, 0) is 23.3 Å². The van der Waals surface area contributed by atoms with Crippen molar-refractivity contribution in [2.45, 2.75) is 0 Å². The van der Waals surface area contributed by atoms with Crippen LogP contribution in [0.3, 0.4) is 0 Å². The molecule has 0 fully saturated rings. The summed E-state index contributed by atoms with van der Waals surface area (Å²) in [6, 6.07) is 27.6. The molecule has 1 aromatic heterocycles. The lowest BCUT2D eigenvalue weighted by Crippen LogP contribution is -2.14. The average molecular weight is 403 g/mol. The van der Waals surface area contributed by atoms with Crippen molar-refractivity contribution in [3.8, 4) is 33.5 Å². The summed E-state index contributed by atoms with van der Waals surface area (Å²) in [6.45, 7) is 0. The van der Waals surface area contributed by atoms with Crippen LogP contribution in [0.25, 0.3) is 33.5 Å². The van der Waals surface area contributed by atoms with E-state index in [0.29, 0.717) is 5.56 Å². The molecule has 3 aromatic carbocycles. The number of hydrogen-bond acceptors (Lipinski definition) is 2. The summed E-state index contributed by atoms with van der Waals surface area (Å²) in [6.07, 6.45) is 0. The van der Waals surface area contributed by atoms with Crippen LogP contribution in [0.1, 0.15) is 0 Å². The van der Waals surface area contributed by atoms with Gasteiger partial charge < -0.3 is 0 Å². The zero-order valence-electron chi connectivity index (χ0n) is 13.8. The van der Waals surface area contributed by atoms with Crippen LogP contribution in [0.15, 0.2) is 94.2 Å². The number of hydrogen-bond donors (Lipinski definition) is 1. The van der Waals surface area contributed by atoms with E-state index in [9.17, 15) is 4.79 Å². The summed E-state index contributed by atoms with van der Waals surface area (Å²) in [5, 5.41) is 7.05. The van der Waals surface area contributed by atoms with Crippen molar-refractivity contribution in [1.29, 1.82) is 0 Å². The van der Waals surface area contributed by atoms with E-state index >= 15 is 0 Å². The molecule has 26 heavy (non-hydrogen) atoms. The number of benzene rings is 3. The van der Waals surface area contributed by atoms with Gasteiger partial charge in [-0.1, -0.05) is 88.7 Å². The Morgan fingerprint density at radius 3 is 1.81 bits per heavy atom. The molecule has 0 aliphatic heterocycles. The molecule has 0 amide bonds. The van der Waals surface area contributed by atoms with Crippen LogP contribution in [-0.2, 0) is 0 Å².